The molecule has 1 aromatic carbocycles. The largest absolute Gasteiger partial charge is 0.342 e. The summed E-state index contributed by atoms with van der Waals surface area (Å²) < 4.78 is 27.1. The molecule has 0 heterocycles. The molecule has 0 unspecified atom stereocenters. The normalized spacial score (nSPS) is 10.9. The van der Waals surface area contributed by atoms with Gasteiger partial charge < -0.3 is 10.6 Å². The Labute approximate surface area is 118 Å². The third-order valence-corrected chi connectivity index (χ3v) is 2.96. The third-order valence-electron chi connectivity index (χ3n) is 2.96. The highest BCUT2D eigenvalue weighted by atomic mass is 19.1. The average molecular weight is 284 g/mol. The molecule has 0 aliphatic heterocycles. The fraction of sp³-hybridized carbons (Fsp3) is 0.533. The first kappa shape index (κ1) is 16.6. The van der Waals surface area contributed by atoms with Crippen LogP contribution in [0.5, 0.6) is 0 Å². The van der Waals surface area contributed by atoms with E-state index < -0.39 is 11.6 Å². The summed E-state index contributed by atoms with van der Waals surface area (Å²) in [6.07, 6.45) is 0.425. The van der Waals surface area contributed by atoms with E-state index in [4.69, 9.17) is 5.73 Å². The van der Waals surface area contributed by atoms with E-state index in [-0.39, 0.29) is 17.9 Å². The molecule has 0 fully saturated rings. The molecule has 1 aromatic rings. The van der Waals surface area contributed by atoms with Crippen LogP contribution in [0.3, 0.4) is 0 Å². The van der Waals surface area contributed by atoms with Gasteiger partial charge in [0, 0.05) is 18.7 Å². The highest BCUT2D eigenvalue weighted by Gasteiger charge is 2.18. The summed E-state index contributed by atoms with van der Waals surface area (Å²) in [5.41, 5.74) is 5.28. The van der Waals surface area contributed by atoms with Gasteiger partial charge in [0.15, 0.2) is 0 Å². The number of amides is 1. The first-order chi connectivity index (χ1) is 9.45. The number of halogens is 2. The molecular formula is C15H22F2N2O. The van der Waals surface area contributed by atoms with Gasteiger partial charge in [-0.3, -0.25) is 4.79 Å². The molecule has 0 saturated carbocycles. The van der Waals surface area contributed by atoms with E-state index in [9.17, 15) is 13.6 Å². The first-order valence-electron chi connectivity index (χ1n) is 6.86. The highest BCUT2D eigenvalue weighted by molar-refractivity contribution is 5.78. The van der Waals surface area contributed by atoms with Crippen LogP contribution in [0.25, 0.3) is 0 Å². The number of carbonyl (C=O) groups excluding carboxylic acids is 1. The van der Waals surface area contributed by atoms with E-state index in [1.165, 1.54) is 18.2 Å². The molecule has 0 bridgehead atoms. The molecule has 20 heavy (non-hydrogen) atoms. The summed E-state index contributed by atoms with van der Waals surface area (Å²) in [5, 5.41) is 0. The molecule has 0 aliphatic carbocycles. The smallest absolute Gasteiger partial charge is 0.227 e. The van der Waals surface area contributed by atoms with E-state index in [0.29, 0.717) is 32.0 Å². The highest BCUT2D eigenvalue weighted by Crippen LogP contribution is 2.14. The lowest BCUT2D eigenvalue weighted by Crippen LogP contribution is -2.37. The van der Waals surface area contributed by atoms with Crippen LogP contribution in [0.2, 0.25) is 0 Å². The molecule has 5 heteroatoms. The Morgan fingerprint density at radius 1 is 1.30 bits per heavy atom. The van der Waals surface area contributed by atoms with Gasteiger partial charge >= 0.3 is 0 Å². The molecule has 0 saturated heterocycles. The Hall–Kier alpha value is -1.49. The van der Waals surface area contributed by atoms with Gasteiger partial charge in [-0.25, -0.2) is 8.78 Å². The number of hydrogen-bond donors (Lipinski definition) is 1. The van der Waals surface area contributed by atoms with Crippen LogP contribution in [0.1, 0.15) is 25.8 Å². The monoisotopic (exact) mass is 284 g/mol. The number of nitrogens with zero attached hydrogens (tertiary/aromatic N) is 1. The van der Waals surface area contributed by atoms with Crippen molar-refractivity contribution in [3.8, 4) is 0 Å². The molecule has 112 valence electrons. The van der Waals surface area contributed by atoms with E-state index in [2.05, 4.69) is 0 Å². The Kier molecular flexibility index (Phi) is 6.58. The van der Waals surface area contributed by atoms with Crippen molar-refractivity contribution in [2.45, 2.75) is 26.7 Å². The van der Waals surface area contributed by atoms with Gasteiger partial charge in [-0.05, 0) is 31.0 Å². The minimum Gasteiger partial charge on any atom is -0.342 e. The minimum absolute atomic E-state index is 0.168. The molecule has 0 radical (unpaired) electrons. The van der Waals surface area contributed by atoms with E-state index >= 15 is 0 Å². The molecule has 0 aromatic heterocycles. The first-order valence-corrected chi connectivity index (χ1v) is 6.86. The lowest BCUT2D eigenvalue weighted by Gasteiger charge is -2.24. The standard InChI is InChI=1S/C15H22F2N2O/c1-11(2)10-19(8-4-7-18)15(20)9-12-13(16)5-3-6-14(12)17/h3,5-6,11H,4,7-10,18H2,1-2H3. The summed E-state index contributed by atoms with van der Waals surface area (Å²) in [5.74, 6) is -1.33. The molecule has 1 rings (SSSR count). The van der Waals surface area contributed by atoms with Gasteiger partial charge in [-0.2, -0.15) is 0 Å². The van der Waals surface area contributed by atoms with Crippen molar-refractivity contribution in [1.29, 1.82) is 0 Å². The Bertz CT molecular complexity index is 429. The van der Waals surface area contributed by atoms with Crippen molar-refractivity contribution < 1.29 is 13.6 Å². The number of benzene rings is 1. The third kappa shape index (κ3) is 4.89. The van der Waals surface area contributed by atoms with E-state index in [1.54, 1.807) is 4.90 Å². The van der Waals surface area contributed by atoms with Crippen LogP contribution in [0.4, 0.5) is 8.78 Å². The number of carbonyl (C=O) groups is 1. The van der Waals surface area contributed by atoms with Crippen molar-refractivity contribution in [3.63, 3.8) is 0 Å². The Morgan fingerprint density at radius 3 is 2.40 bits per heavy atom. The predicted octanol–water partition coefficient (Wildman–Crippen LogP) is 2.34. The maximum atomic E-state index is 13.6. The van der Waals surface area contributed by atoms with Gasteiger partial charge in [0.2, 0.25) is 5.91 Å². The van der Waals surface area contributed by atoms with Crippen LogP contribution in [-0.2, 0) is 11.2 Å². The van der Waals surface area contributed by atoms with Crippen molar-refractivity contribution >= 4 is 5.91 Å². The molecule has 0 atom stereocenters. The zero-order chi connectivity index (χ0) is 15.1. The zero-order valence-corrected chi connectivity index (χ0v) is 12.0. The van der Waals surface area contributed by atoms with Crippen LogP contribution in [0, 0.1) is 17.6 Å². The lowest BCUT2D eigenvalue weighted by atomic mass is 10.1. The lowest BCUT2D eigenvalue weighted by molar-refractivity contribution is -0.131. The molecule has 3 nitrogen and oxygen atoms in total. The predicted molar refractivity (Wildman–Crippen MR) is 75.2 cm³/mol. The van der Waals surface area contributed by atoms with Gasteiger partial charge in [0.25, 0.3) is 0 Å². The van der Waals surface area contributed by atoms with Gasteiger partial charge in [-0.1, -0.05) is 19.9 Å². The summed E-state index contributed by atoms with van der Waals surface area (Å²) in [6.45, 7) is 5.55. The van der Waals surface area contributed by atoms with Crippen molar-refractivity contribution in [1.82, 2.24) is 4.90 Å². The summed E-state index contributed by atoms with van der Waals surface area (Å²) in [4.78, 5) is 13.8. The molecule has 1 amide bonds. The maximum absolute atomic E-state index is 13.6. The average Bonchev–Trinajstić information content (AvgIpc) is 2.38. The van der Waals surface area contributed by atoms with E-state index in [1.807, 2.05) is 13.8 Å². The van der Waals surface area contributed by atoms with Gasteiger partial charge in [0.1, 0.15) is 11.6 Å². The number of hydrogen-bond acceptors (Lipinski definition) is 2. The van der Waals surface area contributed by atoms with Crippen LogP contribution in [0.15, 0.2) is 18.2 Å². The minimum atomic E-state index is -0.679. The second-order valence-corrected chi connectivity index (χ2v) is 5.25. The van der Waals surface area contributed by atoms with Gasteiger partial charge in [-0.15, -0.1) is 0 Å². The fourth-order valence-electron chi connectivity index (χ4n) is 2.00. The molecule has 2 N–H and O–H groups in total. The van der Waals surface area contributed by atoms with E-state index in [0.717, 1.165) is 0 Å². The Balaban J connectivity index is 2.79. The topological polar surface area (TPSA) is 46.3 Å². The molecule has 0 spiro atoms. The molecule has 0 aliphatic rings. The van der Waals surface area contributed by atoms with Crippen LogP contribution >= 0.6 is 0 Å². The number of rotatable bonds is 7. The summed E-state index contributed by atoms with van der Waals surface area (Å²) >= 11 is 0. The second-order valence-electron chi connectivity index (χ2n) is 5.25. The van der Waals surface area contributed by atoms with Gasteiger partial charge in [0.05, 0.1) is 6.42 Å². The summed E-state index contributed by atoms with van der Waals surface area (Å²) in [7, 11) is 0. The van der Waals surface area contributed by atoms with Crippen LogP contribution < -0.4 is 5.73 Å². The second kappa shape index (κ2) is 7.94. The SMILES string of the molecule is CC(C)CN(CCCN)C(=O)Cc1c(F)cccc1F. The van der Waals surface area contributed by atoms with Crippen LogP contribution in [-0.4, -0.2) is 30.4 Å². The van der Waals surface area contributed by atoms with Crippen molar-refractivity contribution in [2.24, 2.45) is 11.7 Å². The summed E-state index contributed by atoms with van der Waals surface area (Å²) in [6, 6.07) is 3.62. The zero-order valence-electron chi connectivity index (χ0n) is 12.0. The maximum Gasteiger partial charge on any atom is 0.227 e. The fourth-order valence-corrected chi connectivity index (χ4v) is 2.00. The Morgan fingerprint density at radius 2 is 1.90 bits per heavy atom. The molecular weight excluding hydrogens is 262 g/mol. The number of nitrogens with two attached hydrogens (primary N) is 1. The van der Waals surface area contributed by atoms with Crippen molar-refractivity contribution in [2.75, 3.05) is 19.6 Å². The quantitative estimate of drug-likeness (QED) is 0.835. The van der Waals surface area contributed by atoms with Crippen molar-refractivity contribution in [3.05, 3.63) is 35.4 Å².